The van der Waals surface area contributed by atoms with Gasteiger partial charge in [-0.1, -0.05) is 0 Å². The van der Waals surface area contributed by atoms with Crippen LogP contribution in [-0.4, -0.2) is 46.0 Å². The minimum Gasteiger partial charge on any atom is -0.398 e. The van der Waals surface area contributed by atoms with Crippen molar-refractivity contribution in [2.75, 3.05) is 31.7 Å². The maximum Gasteiger partial charge on any atom is 0.242 e. The first-order valence-corrected chi connectivity index (χ1v) is 8.61. The molecule has 1 saturated heterocycles. The smallest absolute Gasteiger partial charge is 0.242 e. The topological polar surface area (TPSA) is 87.5 Å². The van der Waals surface area contributed by atoms with Crippen LogP contribution in [0.5, 0.6) is 0 Å². The lowest BCUT2D eigenvalue weighted by Gasteiger charge is -2.35. The van der Waals surface area contributed by atoms with Crippen molar-refractivity contribution >= 4 is 21.4 Å². The molecule has 1 aromatic carbocycles. The Hall–Kier alpha value is -1.31. The van der Waals surface area contributed by atoms with Crippen molar-refractivity contribution in [2.45, 2.75) is 36.7 Å². The first kappa shape index (κ1) is 16.1. The van der Waals surface area contributed by atoms with E-state index in [0.717, 1.165) is 25.1 Å². The molecule has 0 saturated carbocycles. The molecule has 1 aliphatic heterocycles. The van der Waals surface area contributed by atoms with Gasteiger partial charge in [0.05, 0.1) is 5.69 Å². The fourth-order valence-electron chi connectivity index (χ4n) is 2.65. The van der Waals surface area contributed by atoms with E-state index in [-0.39, 0.29) is 10.6 Å². The van der Waals surface area contributed by atoms with E-state index in [1.165, 1.54) is 7.05 Å². The number of nitrogens with one attached hydrogen (secondary N) is 2. The number of hydrogen-bond donors (Lipinski definition) is 3. The van der Waals surface area contributed by atoms with Crippen molar-refractivity contribution in [2.24, 2.45) is 0 Å². The third kappa shape index (κ3) is 3.66. The third-order valence-electron chi connectivity index (χ3n) is 4.15. The zero-order valence-corrected chi connectivity index (χ0v) is 13.6. The van der Waals surface area contributed by atoms with Crippen molar-refractivity contribution in [3.05, 3.63) is 18.2 Å². The van der Waals surface area contributed by atoms with E-state index >= 15 is 0 Å². The summed E-state index contributed by atoms with van der Waals surface area (Å²) in [6.45, 7) is 3.27. The molecule has 2 unspecified atom stereocenters. The molecule has 0 bridgehead atoms. The predicted molar refractivity (Wildman–Crippen MR) is 85.8 cm³/mol. The van der Waals surface area contributed by atoms with E-state index in [4.69, 9.17) is 5.73 Å². The Morgan fingerprint density at radius 2 is 2.10 bits per heavy atom. The molecule has 1 fully saturated rings. The van der Waals surface area contributed by atoms with E-state index in [1.54, 1.807) is 18.2 Å². The summed E-state index contributed by atoms with van der Waals surface area (Å²) in [6, 6.07) is 5.93. The normalized spacial score (nSPS) is 24.0. The zero-order chi connectivity index (χ0) is 15.6. The standard InChI is InChI=1S/C14H24N4O2S/c1-10-8-12(6-7-18(10)3)17-11-4-5-14(13(15)9-11)21(19,20)16-2/h4-5,9-10,12,16-17H,6-8,15H2,1-3H3. The Bertz CT molecular complexity index is 603. The summed E-state index contributed by atoms with van der Waals surface area (Å²) in [5.74, 6) is 0. The molecule has 2 rings (SSSR count). The van der Waals surface area contributed by atoms with Gasteiger partial charge in [-0.2, -0.15) is 0 Å². The van der Waals surface area contributed by atoms with Crippen molar-refractivity contribution in [3.63, 3.8) is 0 Å². The molecule has 1 aromatic rings. The van der Waals surface area contributed by atoms with Crippen LogP contribution in [0.4, 0.5) is 11.4 Å². The van der Waals surface area contributed by atoms with E-state index < -0.39 is 10.0 Å². The minimum atomic E-state index is -3.50. The number of anilines is 2. The number of piperidine rings is 1. The molecule has 2 atom stereocenters. The number of sulfonamides is 1. The van der Waals surface area contributed by atoms with E-state index in [0.29, 0.717) is 12.1 Å². The minimum absolute atomic E-state index is 0.118. The molecule has 0 amide bonds. The summed E-state index contributed by atoms with van der Waals surface area (Å²) < 4.78 is 25.8. The summed E-state index contributed by atoms with van der Waals surface area (Å²) in [4.78, 5) is 2.46. The van der Waals surface area contributed by atoms with Crippen LogP contribution < -0.4 is 15.8 Å². The van der Waals surface area contributed by atoms with Crippen molar-refractivity contribution in [1.29, 1.82) is 0 Å². The number of nitrogens with two attached hydrogens (primary N) is 1. The molecule has 7 heteroatoms. The van der Waals surface area contributed by atoms with Crippen molar-refractivity contribution in [1.82, 2.24) is 9.62 Å². The van der Waals surface area contributed by atoms with Gasteiger partial charge in [-0.3, -0.25) is 0 Å². The first-order valence-electron chi connectivity index (χ1n) is 7.13. The molecule has 0 radical (unpaired) electrons. The van der Waals surface area contributed by atoms with Crippen LogP contribution in [0.15, 0.2) is 23.1 Å². The average molecular weight is 312 g/mol. The second-order valence-electron chi connectivity index (χ2n) is 5.66. The van der Waals surface area contributed by atoms with Crippen LogP contribution >= 0.6 is 0 Å². The molecule has 1 heterocycles. The number of rotatable bonds is 4. The zero-order valence-electron chi connectivity index (χ0n) is 12.8. The van der Waals surface area contributed by atoms with Gasteiger partial charge in [-0.05, 0) is 52.1 Å². The second kappa shape index (κ2) is 6.21. The highest BCUT2D eigenvalue weighted by molar-refractivity contribution is 7.89. The van der Waals surface area contributed by atoms with Gasteiger partial charge in [0.15, 0.2) is 0 Å². The monoisotopic (exact) mass is 312 g/mol. The maximum atomic E-state index is 11.8. The SMILES string of the molecule is CNS(=O)(=O)c1ccc(NC2CCN(C)C(C)C2)cc1N. The van der Waals surface area contributed by atoms with E-state index in [2.05, 4.69) is 28.9 Å². The third-order valence-corrected chi connectivity index (χ3v) is 5.64. The van der Waals surface area contributed by atoms with E-state index in [1.807, 2.05) is 0 Å². The summed E-state index contributed by atoms with van der Waals surface area (Å²) >= 11 is 0. The summed E-state index contributed by atoms with van der Waals surface area (Å²) in [6.07, 6.45) is 2.13. The van der Waals surface area contributed by atoms with Gasteiger partial charge in [-0.15, -0.1) is 0 Å². The molecule has 21 heavy (non-hydrogen) atoms. The lowest BCUT2D eigenvalue weighted by molar-refractivity contribution is 0.190. The van der Waals surface area contributed by atoms with Crippen LogP contribution in [0.25, 0.3) is 0 Å². The Balaban J connectivity index is 2.11. The maximum absolute atomic E-state index is 11.8. The largest absolute Gasteiger partial charge is 0.398 e. The Kier molecular flexibility index (Phi) is 4.75. The van der Waals surface area contributed by atoms with Crippen LogP contribution in [0.3, 0.4) is 0 Å². The highest BCUT2D eigenvalue weighted by atomic mass is 32.2. The van der Waals surface area contributed by atoms with Gasteiger partial charge < -0.3 is 16.0 Å². The van der Waals surface area contributed by atoms with Gasteiger partial charge in [0, 0.05) is 24.3 Å². The fraction of sp³-hybridized carbons (Fsp3) is 0.571. The average Bonchev–Trinajstić information content (AvgIpc) is 2.43. The first-order chi connectivity index (χ1) is 9.83. The molecule has 0 aromatic heterocycles. The molecule has 4 N–H and O–H groups in total. The molecule has 0 spiro atoms. The Morgan fingerprint density at radius 1 is 1.38 bits per heavy atom. The molecular formula is C14H24N4O2S. The molecule has 6 nitrogen and oxygen atoms in total. The van der Waals surface area contributed by atoms with Crippen LogP contribution in [-0.2, 0) is 10.0 Å². The van der Waals surface area contributed by atoms with Crippen molar-refractivity contribution < 1.29 is 8.42 Å². The lowest BCUT2D eigenvalue weighted by atomic mass is 9.98. The van der Waals surface area contributed by atoms with Gasteiger partial charge in [-0.25, -0.2) is 13.1 Å². The number of nitrogens with zero attached hydrogens (tertiary/aromatic N) is 1. The number of likely N-dealkylation sites (tertiary alicyclic amines) is 1. The lowest BCUT2D eigenvalue weighted by Crippen LogP contribution is -2.42. The fourth-order valence-corrected chi connectivity index (χ4v) is 3.49. The Labute approximate surface area is 126 Å². The van der Waals surface area contributed by atoms with Crippen LogP contribution in [0, 0.1) is 0 Å². The predicted octanol–water partition coefficient (Wildman–Crippen LogP) is 1.07. The number of nitrogen functional groups attached to an aromatic ring is 1. The Morgan fingerprint density at radius 3 is 2.67 bits per heavy atom. The van der Waals surface area contributed by atoms with E-state index in [9.17, 15) is 8.42 Å². The number of benzene rings is 1. The summed E-state index contributed by atoms with van der Waals surface area (Å²) in [5.41, 5.74) is 6.99. The number of hydrogen-bond acceptors (Lipinski definition) is 5. The second-order valence-corrected chi connectivity index (χ2v) is 7.51. The molecule has 1 aliphatic rings. The van der Waals surface area contributed by atoms with Gasteiger partial charge >= 0.3 is 0 Å². The van der Waals surface area contributed by atoms with Crippen molar-refractivity contribution in [3.8, 4) is 0 Å². The highest BCUT2D eigenvalue weighted by Gasteiger charge is 2.23. The highest BCUT2D eigenvalue weighted by Crippen LogP contribution is 2.25. The van der Waals surface area contributed by atoms with Gasteiger partial charge in [0.2, 0.25) is 10.0 Å². The molecule has 118 valence electrons. The van der Waals surface area contributed by atoms with Crippen LogP contribution in [0.1, 0.15) is 19.8 Å². The summed E-state index contributed by atoms with van der Waals surface area (Å²) in [5, 5.41) is 3.45. The van der Waals surface area contributed by atoms with Gasteiger partial charge in [0.25, 0.3) is 0 Å². The molecule has 0 aliphatic carbocycles. The molecular weight excluding hydrogens is 288 g/mol. The van der Waals surface area contributed by atoms with Gasteiger partial charge in [0.1, 0.15) is 4.90 Å². The quantitative estimate of drug-likeness (QED) is 0.724. The summed E-state index contributed by atoms with van der Waals surface area (Å²) in [7, 11) is 0.00683. The van der Waals surface area contributed by atoms with Crippen LogP contribution in [0.2, 0.25) is 0 Å².